The maximum atomic E-state index is 12.6. The van der Waals surface area contributed by atoms with Gasteiger partial charge in [0.25, 0.3) is 0 Å². The van der Waals surface area contributed by atoms with E-state index in [9.17, 15) is 9.59 Å². The molecule has 2 aromatic carbocycles. The standard InChI is InChI=1S/C23H24O6/c1-3-14-26-23-20(29-22(25)18-12-8-5-9-13-18)19(16(2)15-27-23)28-21(24)17-10-6-4-7-11-17/h3-13,16,19-20,23H,1,14-15H2,2H3/t16-,19+,20?,23-/m1/s1. The van der Waals surface area contributed by atoms with Crippen molar-refractivity contribution in [1.82, 2.24) is 0 Å². The zero-order chi connectivity index (χ0) is 20.6. The van der Waals surface area contributed by atoms with E-state index in [1.807, 2.05) is 19.1 Å². The second kappa shape index (κ2) is 10.0. The van der Waals surface area contributed by atoms with Crippen LogP contribution in [0.1, 0.15) is 27.6 Å². The zero-order valence-corrected chi connectivity index (χ0v) is 16.2. The highest BCUT2D eigenvalue weighted by molar-refractivity contribution is 5.90. The van der Waals surface area contributed by atoms with Crippen molar-refractivity contribution in [2.24, 2.45) is 5.92 Å². The third kappa shape index (κ3) is 5.31. The van der Waals surface area contributed by atoms with E-state index in [4.69, 9.17) is 18.9 Å². The molecule has 3 rings (SSSR count). The molecule has 1 aliphatic heterocycles. The Labute approximate surface area is 170 Å². The summed E-state index contributed by atoms with van der Waals surface area (Å²) in [6.45, 7) is 6.00. The molecule has 6 heteroatoms. The maximum absolute atomic E-state index is 12.6. The molecule has 0 amide bonds. The smallest absolute Gasteiger partial charge is 0.338 e. The highest BCUT2D eigenvalue weighted by Crippen LogP contribution is 2.28. The number of esters is 2. The number of benzene rings is 2. The van der Waals surface area contributed by atoms with Gasteiger partial charge >= 0.3 is 11.9 Å². The third-order valence-corrected chi connectivity index (χ3v) is 4.56. The van der Waals surface area contributed by atoms with Gasteiger partial charge in [0.1, 0.15) is 6.10 Å². The fourth-order valence-electron chi connectivity index (χ4n) is 3.06. The Morgan fingerprint density at radius 2 is 1.48 bits per heavy atom. The van der Waals surface area contributed by atoms with E-state index in [-0.39, 0.29) is 12.5 Å². The van der Waals surface area contributed by atoms with Crippen LogP contribution in [-0.2, 0) is 18.9 Å². The molecule has 1 aliphatic rings. The lowest BCUT2D eigenvalue weighted by Gasteiger charge is -2.39. The molecule has 1 fully saturated rings. The van der Waals surface area contributed by atoms with Gasteiger partial charge in [0.05, 0.1) is 24.3 Å². The molecule has 0 radical (unpaired) electrons. The predicted molar refractivity (Wildman–Crippen MR) is 106 cm³/mol. The first-order valence-electron chi connectivity index (χ1n) is 9.46. The summed E-state index contributed by atoms with van der Waals surface area (Å²) >= 11 is 0. The second-order valence-corrected chi connectivity index (χ2v) is 6.77. The summed E-state index contributed by atoms with van der Waals surface area (Å²) in [4.78, 5) is 25.3. The van der Waals surface area contributed by atoms with E-state index < -0.39 is 30.4 Å². The van der Waals surface area contributed by atoms with Gasteiger partial charge in [0.2, 0.25) is 0 Å². The summed E-state index contributed by atoms with van der Waals surface area (Å²) in [5, 5.41) is 0. The minimum Gasteiger partial charge on any atom is -0.454 e. The number of carbonyl (C=O) groups excluding carboxylic acids is 2. The fraction of sp³-hybridized carbons (Fsp3) is 0.304. The van der Waals surface area contributed by atoms with Crippen molar-refractivity contribution in [1.29, 1.82) is 0 Å². The highest BCUT2D eigenvalue weighted by Gasteiger charge is 2.44. The van der Waals surface area contributed by atoms with Crippen LogP contribution in [-0.4, -0.2) is 43.7 Å². The van der Waals surface area contributed by atoms with Gasteiger partial charge < -0.3 is 18.9 Å². The summed E-state index contributed by atoms with van der Waals surface area (Å²) in [5.74, 6) is -1.23. The van der Waals surface area contributed by atoms with Gasteiger partial charge in [-0.15, -0.1) is 6.58 Å². The minimum absolute atomic E-state index is 0.195. The first-order chi connectivity index (χ1) is 14.1. The van der Waals surface area contributed by atoms with E-state index in [0.29, 0.717) is 17.7 Å². The summed E-state index contributed by atoms with van der Waals surface area (Å²) in [6.07, 6.45) is -0.939. The Hall–Kier alpha value is -2.96. The molecule has 2 aromatic rings. The van der Waals surface area contributed by atoms with Crippen molar-refractivity contribution in [2.45, 2.75) is 25.4 Å². The summed E-state index contributed by atoms with van der Waals surface area (Å²) < 4.78 is 22.8. The van der Waals surface area contributed by atoms with E-state index in [1.165, 1.54) is 0 Å². The van der Waals surface area contributed by atoms with Gasteiger partial charge in [-0.1, -0.05) is 49.4 Å². The number of rotatable bonds is 7. The maximum Gasteiger partial charge on any atom is 0.338 e. The van der Waals surface area contributed by atoms with Crippen molar-refractivity contribution in [3.63, 3.8) is 0 Å². The van der Waals surface area contributed by atoms with Crippen LogP contribution >= 0.6 is 0 Å². The molecule has 29 heavy (non-hydrogen) atoms. The molecule has 0 saturated carbocycles. The molecule has 152 valence electrons. The Balaban J connectivity index is 1.81. The molecule has 1 saturated heterocycles. The molecule has 0 N–H and O–H groups in total. The second-order valence-electron chi connectivity index (χ2n) is 6.77. The molecule has 4 atom stereocenters. The van der Waals surface area contributed by atoms with E-state index in [0.717, 1.165) is 0 Å². The molecule has 0 aromatic heterocycles. The van der Waals surface area contributed by atoms with Gasteiger partial charge in [-0.25, -0.2) is 9.59 Å². The molecular weight excluding hydrogens is 372 g/mol. The summed E-state index contributed by atoms with van der Waals surface area (Å²) in [6, 6.07) is 17.3. The van der Waals surface area contributed by atoms with Gasteiger partial charge in [-0.05, 0) is 24.3 Å². The molecule has 1 unspecified atom stereocenters. The van der Waals surface area contributed by atoms with Gasteiger partial charge in [-0.3, -0.25) is 0 Å². The SMILES string of the molecule is C=CCO[C@@H]1OC[C@@H](C)[C@H](OC(=O)c2ccccc2)C1OC(=O)c1ccccc1. The van der Waals surface area contributed by atoms with E-state index in [2.05, 4.69) is 6.58 Å². The van der Waals surface area contributed by atoms with Crippen molar-refractivity contribution < 1.29 is 28.5 Å². The number of carbonyl (C=O) groups is 2. The van der Waals surface area contributed by atoms with Crippen LogP contribution < -0.4 is 0 Å². The van der Waals surface area contributed by atoms with Crippen LogP contribution in [0.5, 0.6) is 0 Å². The molecule has 1 heterocycles. The monoisotopic (exact) mass is 396 g/mol. The normalized spacial score (nSPS) is 23.8. The van der Waals surface area contributed by atoms with Crippen LogP contribution in [0, 0.1) is 5.92 Å². The summed E-state index contributed by atoms with van der Waals surface area (Å²) in [7, 11) is 0. The quantitative estimate of drug-likeness (QED) is 0.526. The van der Waals surface area contributed by atoms with Gasteiger partial charge in [-0.2, -0.15) is 0 Å². The Morgan fingerprint density at radius 1 is 0.966 bits per heavy atom. The van der Waals surface area contributed by atoms with Gasteiger partial charge in [0, 0.05) is 5.92 Å². The van der Waals surface area contributed by atoms with Crippen LogP contribution in [0.15, 0.2) is 73.3 Å². The molecule has 0 aliphatic carbocycles. The highest BCUT2D eigenvalue weighted by atomic mass is 16.7. The van der Waals surface area contributed by atoms with Crippen LogP contribution in [0.2, 0.25) is 0 Å². The van der Waals surface area contributed by atoms with Crippen molar-refractivity contribution in [2.75, 3.05) is 13.2 Å². The number of hydrogen-bond acceptors (Lipinski definition) is 6. The van der Waals surface area contributed by atoms with Crippen molar-refractivity contribution >= 4 is 11.9 Å². The Kier molecular flexibility index (Phi) is 7.16. The van der Waals surface area contributed by atoms with Crippen LogP contribution in [0.25, 0.3) is 0 Å². The molecule has 0 bridgehead atoms. The lowest BCUT2D eigenvalue weighted by Crippen LogP contribution is -2.54. The Morgan fingerprint density at radius 3 is 2.00 bits per heavy atom. The topological polar surface area (TPSA) is 71.1 Å². The first kappa shape index (κ1) is 20.8. The zero-order valence-electron chi connectivity index (χ0n) is 16.2. The summed E-state index contributed by atoms with van der Waals surface area (Å²) in [5.41, 5.74) is 0.809. The number of ether oxygens (including phenoxy) is 4. The average molecular weight is 396 g/mol. The third-order valence-electron chi connectivity index (χ3n) is 4.56. The largest absolute Gasteiger partial charge is 0.454 e. The molecular formula is C23H24O6. The van der Waals surface area contributed by atoms with Crippen LogP contribution in [0.3, 0.4) is 0 Å². The fourth-order valence-corrected chi connectivity index (χ4v) is 3.06. The van der Waals surface area contributed by atoms with Gasteiger partial charge in [0.15, 0.2) is 12.4 Å². The van der Waals surface area contributed by atoms with Crippen LogP contribution in [0.4, 0.5) is 0 Å². The number of hydrogen-bond donors (Lipinski definition) is 0. The predicted octanol–water partition coefficient (Wildman–Crippen LogP) is 3.63. The minimum atomic E-state index is -0.918. The van der Waals surface area contributed by atoms with E-state index in [1.54, 1.807) is 54.6 Å². The molecule has 0 spiro atoms. The average Bonchev–Trinajstić information content (AvgIpc) is 2.76. The van der Waals surface area contributed by atoms with Crippen molar-refractivity contribution in [3.8, 4) is 0 Å². The lowest BCUT2D eigenvalue weighted by molar-refractivity contribution is -0.252. The van der Waals surface area contributed by atoms with Crippen molar-refractivity contribution in [3.05, 3.63) is 84.4 Å². The first-order valence-corrected chi connectivity index (χ1v) is 9.46. The molecule has 6 nitrogen and oxygen atoms in total. The lowest BCUT2D eigenvalue weighted by atomic mass is 9.96. The Bertz CT molecular complexity index is 820. The van der Waals surface area contributed by atoms with E-state index >= 15 is 0 Å².